The van der Waals surface area contributed by atoms with Crippen molar-refractivity contribution in [1.29, 1.82) is 0 Å². The molecule has 0 aliphatic rings. The fourth-order valence-electron chi connectivity index (χ4n) is 1.66. The Kier molecular flexibility index (Phi) is 4.63. The highest BCUT2D eigenvalue weighted by molar-refractivity contribution is 6.32. The van der Waals surface area contributed by atoms with Crippen LogP contribution >= 0.6 is 11.6 Å². The van der Waals surface area contributed by atoms with E-state index in [9.17, 15) is 0 Å². The van der Waals surface area contributed by atoms with E-state index in [0.29, 0.717) is 23.3 Å². The molecule has 2 aromatic heterocycles. The molecular weight excluding hydrogens is 264 g/mol. The summed E-state index contributed by atoms with van der Waals surface area (Å²) in [6.45, 7) is 3.53. The first-order valence-corrected chi connectivity index (χ1v) is 6.58. The Balaban J connectivity index is 2.13. The summed E-state index contributed by atoms with van der Waals surface area (Å²) in [5.41, 5.74) is 0. The third kappa shape index (κ3) is 3.61. The van der Waals surface area contributed by atoms with Gasteiger partial charge in [0.15, 0.2) is 5.82 Å². The monoisotopic (exact) mass is 280 g/mol. The second-order valence-electron chi connectivity index (χ2n) is 4.23. The van der Waals surface area contributed by atoms with E-state index in [4.69, 9.17) is 16.0 Å². The van der Waals surface area contributed by atoms with Gasteiger partial charge >= 0.3 is 0 Å². The van der Waals surface area contributed by atoms with E-state index in [1.807, 2.05) is 24.1 Å². The summed E-state index contributed by atoms with van der Waals surface area (Å²) in [5, 5.41) is 3.67. The van der Waals surface area contributed by atoms with Crippen LogP contribution in [-0.2, 0) is 6.54 Å². The van der Waals surface area contributed by atoms with Crippen LogP contribution in [0.4, 0.5) is 11.8 Å². The Labute approximate surface area is 117 Å². The predicted molar refractivity (Wildman–Crippen MR) is 76.6 cm³/mol. The Morgan fingerprint density at radius 1 is 1.47 bits per heavy atom. The lowest BCUT2D eigenvalue weighted by atomic mass is 10.4. The molecule has 0 aliphatic carbocycles. The zero-order valence-electron chi connectivity index (χ0n) is 11.1. The van der Waals surface area contributed by atoms with Crippen LogP contribution in [0.1, 0.15) is 19.1 Å². The molecule has 5 nitrogen and oxygen atoms in total. The molecule has 2 aromatic rings. The number of nitrogens with zero attached hydrogens (tertiary/aromatic N) is 3. The van der Waals surface area contributed by atoms with Gasteiger partial charge in [-0.1, -0.05) is 18.5 Å². The van der Waals surface area contributed by atoms with Crippen LogP contribution in [0.15, 0.2) is 29.0 Å². The fourth-order valence-corrected chi connectivity index (χ4v) is 1.89. The average molecular weight is 281 g/mol. The van der Waals surface area contributed by atoms with Crippen molar-refractivity contribution < 1.29 is 4.42 Å². The number of halogens is 1. The van der Waals surface area contributed by atoms with Gasteiger partial charge in [0.2, 0.25) is 5.95 Å². The van der Waals surface area contributed by atoms with Gasteiger partial charge in [-0.25, -0.2) is 4.98 Å². The zero-order valence-corrected chi connectivity index (χ0v) is 11.8. The SMILES string of the molecule is CCCNc1ncc(Cl)c(N(C)Cc2ccco2)n1. The maximum absolute atomic E-state index is 6.14. The van der Waals surface area contributed by atoms with Crippen LogP contribution in [-0.4, -0.2) is 23.6 Å². The largest absolute Gasteiger partial charge is 0.467 e. The Hall–Kier alpha value is -1.75. The highest BCUT2D eigenvalue weighted by Gasteiger charge is 2.11. The summed E-state index contributed by atoms with van der Waals surface area (Å²) < 4.78 is 5.32. The maximum Gasteiger partial charge on any atom is 0.224 e. The molecule has 0 spiro atoms. The van der Waals surface area contributed by atoms with Gasteiger partial charge in [0.05, 0.1) is 19.0 Å². The quantitative estimate of drug-likeness (QED) is 0.881. The van der Waals surface area contributed by atoms with Gasteiger partial charge in [0.1, 0.15) is 10.8 Å². The topological polar surface area (TPSA) is 54.2 Å². The van der Waals surface area contributed by atoms with Crippen molar-refractivity contribution in [2.24, 2.45) is 0 Å². The van der Waals surface area contributed by atoms with Crippen molar-refractivity contribution >= 4 is 23.4 Å². The summed E-state index contributed by atoms with van der Waals surface area (Å²) in [5.74, 6) is 2.14. The first-order chi connectivity index (χ1) is 9.20. The van der Waals surface area contributed by atoms with Gasteiger partial charge in [-0.15, -0.1) is 0 Å². The minimum atomic E-state index is 0.524. The van der Waals surface area contributed by atoms with Gasteiger partial charge in [-0.05, 0) is 18.6 Å². The van der Waals surface area contributed by atoms with Crippen LogP contribution in [0.5, 0.6) is 0 Å². The molecule has 0 radical (unpaired) electrons. The maximum atomic E-state index is 6.14. The van der Waals surface area contributed by atoms with Crippen LogP contribution in [0.25, 0.3) is 0 Å². The third-order valence-electron chi connectivity index (χ3n) is 2.59. The lowest BCUT2D eigenvalue weighted by Crippen LogP contribution is -2.19. The number of nitrogens with one attached hydrogen (secondary N) is 1. The first kappa shape index (κ1) is 13.7. The number of hydrogen-bond donors (Lipinski definition) is 1. The Morgan fingerprint density at radius 2 is 2.32 bits per heavy atom. The highest BCUT2D eigenvalue weighted by atomic mass is 35.5. The van der Waals surface area contributed by atoms with Crippen molar-refractivity contribution in [3.63, 3.8) is 0 Å². The number of aromatic nitrogens is 2. The molecule has 0 fully saturated rings. The molecule has 1 N–H and O–H groups in total. The van der Waals surface area contributed by atoms with Gasteiger partial charge in [-0.3, -0.25) is 0 Å². The van der Waals surface area contributed by atoms with Gasteiger partial charge in [0, 0.05) is 13.6 Å². The smallest absolute Gasteiger partial charge is 0.224 e. The molecule has 102 valence electrons. The molecule has 0 saturated heterocycles. The fraction of sp³-hybridized carbons (Fsp3) is 0.385. The number of rotatable bonds is 6. The molecule has 2 heterocycles. The molecule has 0 amide bonds. The van der Waals surface area contributed by atoms with E-state index in [-0.39, 0.29) is 0 Å². The molecule has 0 bridgehead atoms. The van der Waals surface area contributed by atoms with E-state index < -0.39 is 0 Å². The van der Waals surface area contributed by atoms with Crippen LogP contribution < -0.4 is 10.2 Å². The molecule has 0 unspecified atom stereocenters. The summed E-state index contributed by atoms with van der Waals surface area (Å²) in [6.07, 6.45) is 4.28. The molecule has 0 aliphatic heterocycles. The number of anilines is 2. The summed E-state index contributed by atoms with van der Waals surface area (Å²) in [7, 11) is 1.92. The van der Waals surface area contributed by atoms with Crippen molar-refractivity contribution in [3.05, 3.63) is 35.4 Å². The Bertz CT molecular complexity index is 515. The number of furan rings is 1. The van der Waals surface area contributed by atoms with Crippen LogP contribution in [0, 0.1) is 0 Å². The average Bonchev–Trinajstić information content (AvgIpc) is 2.90. The molecular formula is C13H17ClN4O. The van der Waals surface area contributed by atoms with E-state index in [1.165, 1.54) is 0 Å². The molecule has 0 aromatic carbocycles. The molecule has 0 saturated carbocycles. The second-order valence-corrected chi connectivity index (χ2v) is 4.63. The molecule has 2 rings (SSSR count). The van der Waals surface area contributed by atoms with Crippen molar-refractivity contribution in [1.82, 2.24) is 9.97 Å². The predicted octanol–water partition coefficient (Wildman–Crippen LogP) is 3.18. The normalized spacial score (nSPS) is 10.5. The van der Waals surface area contributed by atoms with Crippen molar-refractivity contribution in [2.45, 2.75) is 19.9 Å². The Morgan fingerprint density at radius 3 is 3.00 bits per heavy atom. The van der Waals surface area contributed by atoms with Crippen LogP contribution in [0.3, 0.4) is 0 Å². The van der Waals surface area contributed by atoms with E-state index in [2.05, 4.69) is 22.2 Å². The lowest BCUT2D eigenvalue weighted by molar-refractivity contribution is 0.507. The summed E-state index contributed by atoms with van der Waals surface area (Å²) in [4.78, 5) is 10.5. The number of hydrogen-bond acceptors (Lipinski definition) is 5. The van der Waals surface area contributed by atoms with Crippen molar-refractivity contribution in [3.8, 4) is 0 Å². The van der Waals surface area contributed by atoms with E-state index in [1.54, 1.807) is 12.5 Å². The van der Waals surface area contributed by atoms with E-state index in [0.717, 1.165) is 18.7 Å². The molecule has 0 atom stereocenters. The van der Waals surface area contributed by atoms with E-state index >= 15 is 0 Å². The molecule has 19 heavy (non-hydrogen) atoms. The first-order valence-electron chi connectivity index (χ1n) is 6.20. The minimum absolute atomic E-state index is 0.524. The highest BCUT2D eigenvalue weighted by Crippen LogP contribution is 2.24. The van der Waals surface area contributed by atoms with Gasteiger partial charge in [-0.2, -0.15) is 4.98 Å². The minimum Gasteiger partial charge on any atom is -0.467 e. The van der Waals surface area contributed by atoms with Gasteiger partial charge in [0.25, 0.3) is 0 Å². The molecule has 6 heteroatoms. The standard InChI is InChI=1S/C13H17ClN4O/c1-3-6-15-13-16-8-11(14)12(17-13)18(2)9-10-5-4-7-19-10/h4-5,7-8H,3,6,9H2,1-2H3,(H,15,16,17). The van der Waals surface area contributed by atoms with Crippen molar-refractivity contribution in [2.75, 3.05) is 23.8 Å². The second kappa shape index (κ2) is 6.43. The zero-order chi connectivity index (χ0) is 13.7. The lowest BCUT2D eigenvalue weighted by Gasteiger charge is -2.18. The van der Waals surface area contributed by atoms with Crippen LogP contribution in [0.2, 0.25) is 5.02 Å². The van der Waals surface area contributed by atoms with Gasteiger partial charge < -0.3 is 14.6 Å². The summed E-state index contributed by atoms with van der Waals surface area (Å²) >= 11 is 6.14. The third-order valence-corrected chi connectivity index (χ3v) is 2.86. The summed E-state index contributed by atoms with van der Waals surface area (Å²) in [6, 6.07) is 3.78.